The van der Waals surface area contributed by atoms with E-state index in [0.717, 1.165) is 26.1 Å². The Balaban J connectivity index is 0.000000757. The molecule has 1 fully saturated rings. The standard InChI is InChI=1S/C22H28F3N5O2.C2H2O4/c1-28(2)21(31)17-7-5-10-26-20(17)27-11-6-12-29-13-15-30(16-14-29)18-8-3-4-9-19(18)32-22(23,24)25;3-1(4)2(5)6/h3-5,7-10H,6,11-16H2,1-2H3,(H,26,27);(H,3,4)(H,5,6). The third-order valence-electron chi connectivity index (χ3n) is 5.37. The number of nitrogens with one attached hydrogen (secondary N) is 1. The second-order valence-electron chi connectivity index (χ2n) is 8.33. The van der Waals surface area contributed by atoms with Crippen LogP contribution in [-0.2, 0) is 9.59 Å². The third-order valence-corrected chi connectivity index (χ3v) is 5.37. The van der Waals surface area contributed by atoms with Gasteiger partial charge in [0.05, 0.1) is 11.3 Å². The Hall–Kier alpha value is -4.07. The van der Waals surface area contributed by atoms with Crippen LogP contribution in [0.2, 0.25) is 0 Å². The molecule has 0 spiro atoms. The van der Waals surface area contributed by atoms with Gasteiger partial charge in [-0.2, -0.15) is 0 Å². The lowest BCUT2D eigenvalue weighted by Crippen LogP contribution is -2.47. The number of piperazine rings is 1. The van der Waals surface area contributed by atoms with Gasteiger partial charge in [0.1, 0.15) is 5.82 Å². The van der Waals surface area contributed by atoms with Gasteiger partial charge in [-0.25, -0.2) is 14.6 Å². The number of hydrogen-bond acceptors (Lipinski definition) is 8. The van der Waals surface area contributed by atoms with Crippen molar-refractivity contribution < 1.29 is 42.5 Å². The fourth-order valence-electron chi connectivity index (χ4n) is 3.61. The maximum Gasteiger partial charge on any atom is 0.573 e. The molecule has 0 saturated carbocycles. The number of carboxylic acid groups (broad SMARTS) is 2. The van der Waals surface area contributed by atoms with E-state index < -0.39 is 18.3 Å². The van der Waals surface area contributed by atoms with Gasteiger partial charge >= 0.3 is 18.3 Å². The van der Waals surface area contributed by atoms with E-state index in [0.29, 0.717) is 36.7 Å². The third kappa shape index (κ3) is 9.76. The fraction of sp³-hybridized carbons (Fsp3) is 0.417. The van der Waals surface area contributed by atoms with Crippen LogP contribution in [0.5, 0.6) is 5.75 Å². The average molecular weight is 542 g/mol. The number of anilines is 2. The number of para-hydroxylation sites is 2. The molecule has 1 aromatic carbocycles. The van der Waals surface area contributed by atoms with Gasteiger partial charge in [0.15, 0.2) is 5.75 Å². The Kier molecular flexibility index (Phi) is 11.1. The normalized spacial score (nSPS) is 13.7. The van der Waals surface area contributed by atoms with Gasteiger partial charge in [0.2, 0.25) is 0 Å². The highest BCUT2D eigenvalue weighted by atomic mass is 19.4. The number of carboxylic acids is 2. The van der Waals surface area contributed by atoms with Gasteiger partial charge in [-0.05, 0) is 37.2 Å². The lowest BCUT2D eigenvalue weighted by Gasteiger charge is -2.36. The zero-order valence-corrected chi connectivity index (χ0v) is 20.9. The Labute approximate surface area is 217 Å². The second kappa shape index (κ2) is 14.0. The minimum absolute atomic E-state index is 0.105. The van der Waals surface area contributed by atoms with Gasteiger partial charge in [-0.3, -0.25) is 9.69 Å². The first-order valence-corrected chi connectivity index (χ1v) is 11.6. The highest BCUT2D eigenvalue weighted by molar-refractivity contribution is 6.27. The highest BCUT2D eigenvalue weighted by Crippen LogP contribution is 2.33. The van der Waals surface area contributed by atoms with E-state index in [-0.39, 0.29) is 11.7 Å². The summed E-state index contributed by atoms with van der Waals surface area (Å²) in [7, 11) is 3.40. The van der Waals surface area contributed by atoms with Crippen molar-refractivity contribution in [2.75, 3.05) is 63.6 Å². The molecule has 0 aliphatic carbocycles. The molecule has 1 amide bonds. The van der Waals surface area contributed by atoms with Crippen molar-refractivity contribution in [3.05, 3.63) is 48.2 Å². The van der Waals surface area contributed by atoms with Crippen LogP contribution in [0.15, 0.2) is 42.6 Å². The molecule has 2 aromatic rings. The number of hydrogen-bond donors (Lipinski definition) is 3. The highest BCUT2D eigenvalue weighted by Gasteiger charge is 2.33. The Morgan fingerprint density at radius 2 is 1.66 bits per heavy atom. The number of nitrogens with zero attached hydrogens (tertiary/aromatic N) is 4. The molecular weight excluding hydrogens is 511 g/mol. The van der Waals surface area contributed by atoms with E-state index in [9.17, 15) is 18.0 Å². The van der Waals surface area contributed by atoms with Gasteiger partial charge in [-0.1, -0.05) is 12.1 Å². The van der Waals surface area contributed by atoms with Gasteiger partial charge in [0.25, 0.3) is 5.91 Å². The molecule has 3 rings (SSSR count). The number of aromatic nitrogens is 1. The van der Waals surface area contributed by atoms with E-state index in [1.165, 1.54) is 17.0 Å². The summed E-state index contributed by atoms with van der Waals surface area (Å²) in [5.41, 5.74) is 0.991. The first-order chi connectivity index (χ1) is 17.9. The van der Waals surface area contributed by atoms with Crippen molar-refractivity contribution in [2.45, 2.75) is 12.8 Å². The average Bonchev–Trinajstić information content (AvgIpc) is 2.86. The maximum atomic E-state index is 12.7. The number of rotatable bonds is 8. The number of carbonyl (C=O) groups excluding carboxylic acids is 1. The number of aliphatic carboxylic acids is 2. The molecule has 0 atom stereocenters. The maximum absolute atomic E-state index is 12.7. The number of benzene rings is 1. The molecule has 14 heteroatoms. The summed E-state index contributed by atoms with van der Waals surface area (Å²) >= 11 is 0. The van der Waals surface area contributed by atoms with Crippen LogP contribution in [0, 0.1) is 0 Å². The molecule has 0 bridgehead atoms. The molecule has 1 aliphatic heterocycles. The Bertz CT molecular complexity index is 1080. The van der Waals surface area contributed by atoms with Crippen LogP contribution in [-0.4, -0.2) is 103 Å². The SMILES string of the molecule is CN(C)C(=O)c1cccnc1NCCCN1CCN(c2ccccc2OC(F)(F)F)CC1.O=C(O)C(=O)O. The number of alkyl halides is 3. The molecule has 3 N–H and O–H groups in total. The zero-order valence-electron chi connectivity index (χ0n) is 20.9. The van der Waals surface area contributed by atoms with E-state index in [1.54, 1.807) is 44.6 Å². The summed E-state index contributed by atoms with van der Waals surface area (Å²) in [6, 6.07) is 9.72. The number of ether oxygens (including phenoxy) is 1. The van der Waals surface area contributed by atoms with Crippen LogP contribution < -0.4 is 15.0 Å². The number of halogens is 3. The summed E-state index contributed by atoms with van der Waals surface area (Å²) < 4.78 is 42.2. The van der Waals surface area contributed by atoms with E-state index in [2.05, 4.69) is 19.9 Å². The van der Waals surface area contributed by atoms with E-state index in [1.807, 2.05) is 4.90 Å². The first kappa shape index (κ1) is 30.2. The molecule has 0 unspecified atom stereocenters. The molecular formula is C24H30F3N5O6. The van der Waals surface area contributed by atoms with Crippen molar-refractivity contribution in [1.82, 2.24) is 14.8 Å². The van der Waals surface area contributed by atoms with E-state index in [4.69, 9.17) is 19.8 Å². The van der Waals surface area contributed by atoms with Crippen LogP contribution in [0.1, 0.15) is 16.8 Å². The molecule has 1 saturated heterocycles. The largest absolute Gasteiger partial charge is 0.573 e. The monoisotopic (exact) mass is 541 g/mol. The molecule has 38 heavy (non-hydrogen) atoms. The summed E-state index contributed by atoms with van der Waals surface area (Å²) in [4.78, 5) is 40.4. The molecule has 1 aromatic heterocycles. The lowest BCUT2D eigenvalue weighted by molar-refractivity contribution is -0.274. The minimum Gasteiger partial charge on any atom is -0.473 e. The summed E-state index contributed by atoms with van der Waals surface area (Å²) in [6.45, 7) is 4.22. The van der Waals surface area contributed by atoms with Crippen LogP contribution >= 0.6 is 0 Å². The van der Waals surface area contributed by atoms with Crippen molar-refractivity contribution in [2.24, 2.45) is 0 Å². The Morgan fingerprint density at radius 3 is 2.24 bits per heavy atom. The lowest BCUT2D eigenvalue weighted by atomic mass is 10.2. The minimum atomic E-state index is -4.71. The molecule has 1 aliphatic rings. The van der Waals surface area contributed by atoms with Gasteiger partial charge < -0.3 is 30.1 Å². The molecule has 208 valence electrons. The van der Waals surface area contributed by atoms with Crippen molar-refractivity contribution in [3.63, 3.8) is 0 Å². The fourth-order valence-corrected chi connectivity index (χ4v) is 3.61. The smallest absolute Gasteiger partial charge is 0.473 e. The Morgan fingerprint density at radius 1 is 1.03 bits per heavy atom. The predicted molar refractivity (Wildman–Crippen MR) is 132 cm³/mol. The molecule has 11 nitrogen and oxygen atoms in total. The van der Waals surface area contributed by atoms with E-state index >= 15 is 0 Å². The summed E-state index contributed by atoms with van der Waals surface area (Å²) in [5.74, 6) is -3.36. The first-order valence-electron chi connectivity index (χ1n) is 11.6. The zero-order chi connectivity index (χ0) is 28.3. The van der Waals surface area contributed by atoms with Crippen molar-refractivity contribution in [3.8, 4) is 5.75 Å². The number of pyridine rings is 1. The van der Waals surface area contributed by atoms with Gasteiger partial charge in [0, 0.05) is 53.0 Å². The van der Waals surface area contributed by atoms with Crippen LogP contribution in [0.3, 0.4) is 0 Å². The number of amides is 1. The van der Waals surface area contributed by atoms with Crippen LogP contribution in [0.25, 0.3) is 0 Å². The summed E-state index contributed by atoms with van der Waals surface area (Å²) in [6.07, 6.45) is -2.22. The van der Waals surface area contributed by atoms with Crippen LogP contribution in [0.4, 0.5) is 24.7 Å². The van der Waals surface area contributed by atoms with Crippen molar-refractivity contribution >= 4 is 29.4 Å². The topological polar surface area (TPSA) is 136 Å². The number of carbonyl (C=O) groups is 3. The van der Waals surface area contributed by atoms with Gasteiger partial charge in [-0.15, -0.1) is 13.2 Å². The quantitative estimate of drug-likeness (QED) is 0.338. The van der Waals surface area contributed by atoms with Crippen molar-refractivity contribution in [1.29, 1.82) is 0 Å². The summed E-state index contributed by atoms with van der Waals surface area (Å²) in [5, 5.41) is 18.0. The molecule has 2 heterocycles. The molecule has 0 radical (unpaired) electrons. The second-order valence-corrected chi connectivity index (χ2v) is 8.33. The predicted octanol–water partition coefficient (Wildman–Crippen LogP) is 2.46.